The molecule has 0 heterocycles. The normalized spacial score (nSPS) is 13.3. The van der Waals surface area contributed by atoms with Gasteiger partial charge in [-0.3, -0.25) is 4.99 Å². The summed E-state index contributed by atoms with van der Waals surface area (Å²) in [6.45, 7) is 3.84. The molecule has 0 saturated carbocycles. The van der Waals surface area contributed by atoms with E-state index in [1.54, 1.807) is 13.8 Å². The van der Waals surface area contributed by atoms with E-state index in [1.807, 2.05) is 0 Å². The Bertz CT molecular complexity index is 202. The minimum absolute atomic E-state index is 0.00694. The number of hydrogen-bond acceptors (Lipinski definition) is 3. The molecule has 0 bridgehead atoms. The maximum atomic E-state index is 10.4. The van der Waals surface area contributed by atoms with E-state index in [0.717, 1.165) is 0 Å². The van der Waals surface area contributed by atoms with Gasteiger partial charge >= 0.3 is 5.97 Å². The van der Waals surface area contributed by atoms with Crippen molar-refractivity contribution >= 4 is 11.7 Å². The first kappa shape index (κ1) is 9.68. The van der Waals surface area contributed by atoms with Crippen molar-refractivity contribution in [2.75, 3.05) is 6.54 Å². The number of nitrogens with zero attached hydrogens (tertiary/aromatic N) is 1. The number of carboxylic acid groups (broad SMARTS) is 1. The molecule has 11 heavy (non-hydrogen) atoms. The molecule has 0 aromatic heterocycles. The summed E-state index contributed by atoms with van der Waals surface area (Å²) in [7, 11) is 0. The molecule has 0 unspecified atom stereocenters. The first-order valence-corrected chi connectivity index (χ1v) is 3.29. The van der Waals surface area contributed by atoms with Gasteiger partial charge < -0.3 is 10.8 Å². The molecule has 62 valence electrons. The Hall–Kier alpha value is -1.32. The van der Waals surface area contributed by atoms with Crippen molar-refractivity contribution in [3.05, 3.63) is 11.8 Å². The first-order chi connectivity index (χ1) is 5.07. The third-order valence-corrected chi connectivity index (χ3v) is 0.912. The highest BCUT2D eigenvalue weighted by atomic mass is 16.4. The van der Waals surface area contributed by atoms with Crippen molar-refractivity contribution in [3.63, 3.8) is 0 Å². The Morgan fingerprint density at radius 3 is 2.55 bits per heavy atom. The molecular weight excluding hydrogens is 144 g/mol. The smallest absolute Gasteiger partial charge is 0.354 e. The average Bonchev–Trinajstić information content (AvgIpc) is 1.86. The molecule has 0 aromatic carbocycles. The van der Waals surface area contributed by atoms with E-state index in [0.29, 0.717) is 12.2 Å². The van der Waals surface area contributed by atoms with Gasteiger partial charge in [0.25, 0.3) is 0 Å². The van der Waals surface area contributed by atoms with Gasteiger partial charge in [-0.15, -0.1) is 0 Å². The van der Waals surface area contributed by atoms with Crippen LogP contribution in [0, 0.1) is 0 Å². The van der Waals surface area contributed by atoms with Crippen LogP contribution in [0.3, 0.4) is 0 Å². The average molecular weight is 156 g/mol. The molecule has 0 saturated heterocycles. The van der Waals surface area contributed by atoms with Gasteiger partial charge in [0.1, 0.15) is 5.71 Å². The Labute approximate surface area is 65.4 Å². The molecule has 4 nitrogen and oxygen atoms in total. The van der Waals surface area contributed by atoms with Crippen LogP contribution >= 0.6 is 0 Å². The van der Waals surface area contributed by atoms with Gasteiger partial charge in [-0.2, -0.15) is 0 Å². The van der Waals surface area contributed by atoms with Crippen molar-refractivity contribution in [1.82, 2.24) is 0 Å². The van der Waals surface area contributed by atoms with Gasteiger partial charge in [0.05, 0.1) is 0 Å². The van der Waals surface area contributed by atoms with Crippen molar-refractivity contribution in [1.29, 1.82) is 0 Å². The predicted molar refractivity (Wildman–Crippen MR) is 43.6 cm³/mol. The molecule has 0 radical (unpaired) electrons. The quantitative estimate of drug-likeness (QED) is 0.580. The van der Waals surface area contributed by atoms with E-state index in [4.69, 9.17) is 10.8 Å². The minimum atomic E-state index is -1.04. The van der Waals surface area contributed by atoms with Gasteiger partial charge in [-0.25, -0.2) is 4.79 Å². The second kappa shape index (κ2) is 4.49. The van der Waals surface area contributed by atoms with Crippen LogP contribution < -0.4 is 5.73 Å². The van der Waals surface area contributed by atoms with E-state index in [1.165, 1.54) is 6.08 Å². The molecule has 0 amide bonds. The highest BCUT2D eigenvalue weighted by Crippen LogP contribution is 1.87. The van der Waals surface area contributed by atoms with Crippen molar-refractivity contribution in [3.8, 4) is 0 Å². The lowest BCUT2D eigenvalue weighted by Gasteiger charge is -1.93. The van der Waals surface area contributed by atoms with E-state index < -0.39 is 5.97 Å². The molecule has 0 fully saturated rings. The maximum absolute atomic E-state index is 10.4. The molecule has 0 rings (SSSR count). The summed E-state index contributed by atoms with van der Waals surface area (Å²) in [5.41, 5.74) is 5.73. The summed E-state index contributed by atoms with van der Waals surface area (Å²) >= 11 is 0. The van der Waals surface area contributed by atoms with Crippen LogP contribution in [0.4, 0.5) is 0 Å². The number of allylic oxidation sites excluding steroid dienone is 1. The van der Waals surface area contributed by atoms with Gasteiger partial charge in [0.2, 0.25) is 0 Å². The van der Waals surface area contributed by atoms with E-state index in [2.05, 4.69) is 4.99 Å². The molecule has 0 aliphatic carbocycles. The standard InChI is InChI=1S/C7H12N2O2/c1-3-9-6(7(10)11)4-5(2)8/h4H,3,8H2,1-2H3,(H,10,11). The van der Waals surface area contributed by atoms with E-state index >= 15 is 0 Å². The highest BCUT2D eigenvalue weighted by Gasteiger charge is 2.03. The minimum Gasteiger partial charge on any atom is -0.477 e. The molecule has 4 heteroatoms. The van der Waals surface area contributed by atoms with Crippen molar-refractivity contribution in [2.45, 2.75) is 13.8 Å². The van der Waals surface area contributed by atoms with E-state index in [-0.39, 0.29) is 5.71 Å². The van der Waals surface area contributed by atoms with Crippen LogP contribution in [-0.2, 0) is 4.79 Å². The molecule has 3 N–H and O–H groups in total. The fourth-order valence-corrected chi connectivity index (χ4v) is 0.561. The van der Waals surface area contributed by atoms with Gasteiger partial charge in [-0.1, -0.05) is 0 Å². The lowest BCUT2D eigenvalue weighted by Crippen LogP contribution is -2.12. The molecule has 0 aliphatic heterocycles. The van der Waals surface area contributed by atoms with Crippen LogP contribution in [0.2, 0.25) is 0 Å². The number of aliphatic carboxylic acids is 1. The molecule has 0 aliphatic rings. The van der Waals surface area contributed by atoms with Gasteiger partial charge in [0, 0.05) is 12.2 Å². The summed E-state index contributed by atoms with van der Waals surface area (Å²) in [6, 6.07) is 0. The third-order valence-electron chi connectivity index (χ3n) is 0.912. The molecule has 0 aromatic rings. The topological polar surface area (TPSA) is 75.7 Å². The summed E-state index contributed by atoms with van der Waals surface area (Å²) in [5, 5.41) is 8.52. The van der Waals surface area contributed by atoms with E-state index in [9.17, 15) is 4.79 Å². The Morgan fingerprint density at radius 2 is 2.27 bits per heavy atom. The number of carbonyl (C=O) groups is 1. The zero-order valence-electron chi connectivity index (χ0n) is 6.66. The lowest BCUT2D eigenvalue weighted by atomic mass is 10.3. The summed E-state index contributed by atoms with van der Waals surface area (Å²) in [5.74, 6) is -1.04. The van der Waals surface area contributed by atoms with Gasteiger partial charge in [-0.05, 0) is 19.9 Å². The van der Waals surface area contributed by atoms with Crippen molar-refractivity contribution in [2.24, 2.45) is 10.7 Å². The summed E-state index contributed by atoms with van der Waals surface area (Å²) < 4.78 is 0. The van der Waals surface area contributed by atoms with Crippen LogP contribution in [0.15, 0.2) is 16.8 Å². The third kappa shape index (κ3) is 4.13. The van der Waals surface area contributed by atoms with Crippen LogP contribution in [0.5, 0.6) is 0 Å². The van der Waals surface area contributed by atoms with Crippen LogP contribution in [0.25, 0.3) is 0 Å². The summed E-state index contributed by atoms with van der Waals surface area (Å²) in [6.07, 6.45) is 1.34. The molecule has 0 spiro atoms. The van der Waals surface area contributed by atoms with Crippen molar-refractivity contribution < 1.29 is 9.90 Å². The fraction of sp³-hybridized carbons (Fsp3) is 0.429. The number of aliphatic imine (C=N–C) groups is 1. The second-order valence-electron chi connectivity index (χ2n) is 2.05. The number of carboxylic acids is 1. The van der Waals surface area contributed by atoms with Gasteiger partial charge in [0.15, 0.2) is 0 Å². The summed E-state index contributed by atoms with van der Waals surface area (Å²) in [4.78, 5) is 14.1. The number of nitrogens with two attached hydrogens (primary N) is 1. The SMILES string of the molecule is CCN=C(C=C(C)N)C(=O)O. The predicted octanol–water partition coefficient (Wildman–Crippen LogP) is 0.394. The Morgan fingerprint density at radius 1 is 1.73 bits per heavy atom. The monoisotopic (exact) mass is 156 g/mol. The largest absolute Gasteiger partial charge is 0.477 e. The maximum Gasteiger partial charge on any atom is 0.354 e. The zero-order valence-corrected chi connectivity index (χ0v) is 6.66. The van der Waals surface area contributed by atoms with Crippen LogP contribution in [-0.4, -0.2) is 23.3 Å². The highest BCUT2D eigenvalue weighted by molar-refractivity contribution is 6.40. The van der Waals surface area contributed by atoms with Crippen LogP contribution in [0.1, 0.15) is 13.8 Å². The number of rotatable bonds is 3. The molecule has 0 atom stereocenters. The lowest BCUT2D eigenvalue weighted by molar-refractivity contribution is -0.129. The Balaban J connectivity index is 4.50. The zero-order chi connectivity index (χ0) is 8.85. The Kier molecular flexibility index (Phi) is 3.95. The number of hydrogen-bond donors (Lipinski definition) is 2. The molecular formula is C7H12N2O2. The second-order valence-corrected chi connectivity index (χ2v) is 2.05. The fourth-order valence-electron chi connectivity index (χ4n) is 0.561. The first-order valence-electron chi connectivity index (χ1n) is 3.29.